The van der Waals surface area contributed by atoms with Crippen molar-refractivity contribution in [2.45, 2.75) is 6.92 Å². The maximum atomic E-state index is 12.5. The third kappa shape index (κ3) is 1.53. The molecular formula is C19H10O6. The molecule has 25 heavy (non-hydrogen) atoms. The first-order valence-electron chi connectivity index (χ1n) is 7.58. The molecule has 2 N–H and O–H groups in total. The van der Waals surface area contributed by atoms with E-state index in [4.69, 9.17) is 8.83 Å². The van der Waals surface area contributed by atoms with Gasteiger partial charge in [-0.15, -0.1) is 0 Å². The molecule has 0 aliphatic rings. The highest BCUT2D eigenvalue weighted by atomic mass is 16.5. The van der Waals surface area contributed by atoms with Crippen LogP contribution in [0.1, 0.15) is 5.56 Å². The second kappa shape index (κ2) is 4.30. The zero-order valence-corrected chi connectivity index (χ0v) is 12.9. The van der Waals surface area contributed by atoms with E-state index in [2.05, 4.69) is 0 Å². The van der Waals surface area contributed by atoms with Crippen LogP contribution < -0.4 is 11.1 Å². The van der Waals surface area contributed by atoms with Gasteiger partial charge in [-0.1, -0.05) is 18.2 Å². The summed E-state index contributed by atoms with van der Waals surface area (Å²) in [7, 11) is 0. The van der Waals surface area contributed by atoms with Gasteiger partial charge in [0.1, 0.15) is 16.7 Å². The fourth-order valence-corrected chi connectivity index (χ4v) is 3.59. The molecule has 0 atom stereocenters. The predicted molar refractivity (Wildman–Crippen MR) is 92.8 cm³/mol. The Bertz CT molecular complexity index is 1450. The monoisotopic (exact) mass is 334 g/mol. The van der Waals surface area contributed by atoms with E-state index in [9.17, 15) is 19.8 Å². The minimum Gasteiger partial charge on any atom is -0.506 e. The molecule has 0 saturated carbocycles. The van der Waals surface area contributed by atoms with Gasteiger partial charge in [0.05, 0.1) is 10.8 Å². The Hall–Kier alpha value is -3.54. The predicted octanol–water partition coefficient (Wildman–Crippen LogP) is 3.36. The molecule has 5 rings (SSSR count). The van der Waals surface area contributed by atoms with E-state index in [1.165, 1.54) is 18.2 Å². The largest absolute Gasteiger partial charge is 0.506 e. The lowest BCUT2D eigenvalue weighted by atomic mass is 9.96. The number of phenolic OH excluding ortho intramolecular Hbond substituents is 1. The van der Waals surface area contributed by atoms with Crippen molar-refractivity contribution in [3.8, 4) is 11.7 Å². The summed E-state index contributed by atoms with van der Waals surface area (Å²) in [6.45, 7) is 1.77. The lowest BCUT2D eigenvalue weighted by molar-refractivity contribution is 0.348. The van der Waals surface area contributed by atoms with Crippen molar-refractivity contribution in [3.05, 3.63) is 56.5 Å². The molecule has 2 heterocycles. The number of hydrogen-bond acceptors (Lipinski definition) is 6. The molecule has 0 aliphatic carbocycles. The molecular weight excluding hydrogens is 324 g/mol. The molecule has 3 aromatic carbocycles. The van der Waals surface area contributed by atoms with E-state index in [0.717, 1.165) is 0 Å². The molecule has 0 aliphatic heterocycles. The Morgan fingerprint density at radius 2 is 1.64 bits per heavy atom. The van der Waals surface area contributed by atoms with E-state index in [1.54, 1.807) is 19.1 Å². The maximum Gasteiger partial charge on any atom is 0.348 e. The van der Waals surface area contributed by atoms with Crippen LogP contribution in [-0.2, 0) is 0 Å². The highest BCUT2D eigenvalue weighted by molar-refractivity contribution is 6.28. The van der Waals surface area contributed by atoms with E-state index in [1.807, 2.05) is 0 Å². The first-order chi connectivity index (χ1) is 12.0. The van der Waals surface area contributed by atoms with Gasteiger partial charge >= 0.3 is 5.63 Å². The Labute approximate surface area is 138 Å². The molecule has 0 unspecified atom stereocenters. The van der Waals surface area contributed by atoms with Crippen molar-refractivity contribution < 1.29 is 19.0 Å². The van der Waals surface area contributed by atoms with E-state index < -0.39 is 5.63 Å². The summed E-state index contributed by atoms with van der Waals surface area (Å²) in [6, 6.07) is 7.63. The van der Waals surface area contributed by atoms with Crippen LogP contribution in [0.15, 0.2) is 48.8 Å². The van der Waals surface area contributed by atoms with Crippen LogP contribution in [-0.4, -0.2) is 10.2 Å². The van der Waals surface area contributed by atoms with Crippen LogP contribution >= 0.6 is 0 Å². The second-order valence-electron chi connectivity index (χ2n) is 6.03. The molecule has 6 nitrogen and oxygen atoms in total. The van der Waals surface area contributed by atoms with Crippen LogP contribution in [0.5, 0.6) is 11.7 Å². The van der Waals surface area contributed by atoms with Crippen molar-refractivity contribution in [2.75, 3.05) is 0 Å². The van der Waals surface area contributed by atoms with Crippen LogP contribution in [0.25, 0.3) is 43.5 Å². The molecule has 0 radical (unpaired) electrons. The summed E-state index contributed by atoms with van der Waals surface area (Å²) >= 11 is 0. The van der Waals surface area contributed by atoms with Gasteiger partial charge < -0.3 is 19.0 Å². The van der Waals surface area contributed by atoms with Crippen molar-refractivity contribution in [2.24, 2.45) is 0 Å². The fraction of sp³-hybridized carbons (Fsp3) is 0.0526. The van der Waals surface area contributed by atoms with Crippen LogP contribution in [0.2, 0.25) is 0 Å². The third-order valence-electron chi connectivity index (χ3n) is 4.67. The number of rotatable bonds is 0. The van der Waals surface area contributed by atoms with Gasteiger partial charge in [0.15, 0.2) is 11.0 Å². The van der Waals surface area contributed by atoms with Gasteiger partial charge in [0.2, 0.25) is 0 Å². The van der Waals surface area contributed by atoms with Crippen LogP contribution in [0.4, 0.5) is 0 Å². The van der Waals surface area contributed by atoms with Gasteiger partial charge in [0.25, 0.3) is 5.95 Å². The maximum absolute atomic E-state index is 12.5. The topological polar surface area (TPSA) is 101 Å². The standard InChI is InChI=1S/C19H10O6/c1-7-5-6-10-13-11(7)18(22)25-17-12-8(3-2-4-9(12)20)16(21)15(14(13)17)19(23)24-10/h2-6,21-22H,1H3. The Morgan fingerprint density at radius 1 is 0.840 bits per heavy atom. The number of phenols is 1. The third-order valence-corrected chi connectivity index (χ3v) is 4.67. The first-order valence-corrected chi connectivity index (χ1v) is 7.58. The number of benzene rings is 3. The van der Waals surface area contributed by atoms with Gasteiger partial charge in [-0.05, 0) is 24.6 Å². The molecule has 0 spiro atoms. The molecule has 2 aromatic heterocycles. The lowest BCUT2D eigenvalue weighted by Crippen LogP contribution is -2.06. The van der Waals surface area contributed by atoms with Crippen molar-refractivity contribution in [1.82, 2.24) is 0 Å². The summed E-state index contributed by atoms with van der Waals surface area (Å²) in [5.74, 6) is -0.708. The molecule has 0 saturated heterocycles. The quantitative estimate of drug-likeness (QED) is 0.256. The molecule has 122 valence electrons. The normalized spacial score (nSPS) is 12.0. The van der Waals surface area contributed by atoms with E-state index in [-0.39, 0.29) is 49.8 Å². The van der Waals surface area contributed by atoms with Crippen molar-refractivity contribution in [1.29, 1.82) is 0 Å². The van der Waals surface area contributed by atoms with Gasteiger partial charge in [0, 0.05) is 16.2 Å². The Kier molecular flexibility index (Phi) is 2.38. The molecule has 6 heteroatoms. The Balaban J connectivity index is 2.35. The fourth-order valence-electron chi connectivity index (χ4n) is 3.59. The summed E-state index contributed by atoms with van der Waals surface area (Å²) in [5, 5.41) is 22.3. The van der Waals surface area contributed by atoms with Crippen molar-refractivity contribution in [3.63, 3.8) is 0 Å². The summed E-state index contributed by atoms with van der Waals surface area (Å²) in [4.78, 5) is 24.9. The highest BCUT2D eigenvalue weighted by Crippen LogP contribution is 2.44. The van der Waals surface area contributed by atoms with Gasteiger partial charge in [-0.25, -0.2) is 4.79 Å². The number of aryl methyl sites for hydroxylation is 1. The number of hydrogen-bond donors (Lipinski definition) is 2. The van der Waals surface area contributed by atoms with Crippen LogP contribution in [0.3, 0.4) is 0 Å². The van der Waals surface area contributed by atoms with Gasteiger partial charge in [-0.3, -0.25) is 4.79 Å². The summed E-state index contributed by atoms with van der Waals surface area (Å²) in [6.07, 6.45) is 0. The SMILES string of the molecule is Cc1ccc2oc(=O)c3c(O)c4cccc(=O)c4c4oc(O)c1c2c34. The average Bonchev–Trinajstić information content (AvgIpc) is 2.57. The molecule has 0 fully saturated rings. The van der Waals surface area contributed by atoms with Crippen molar-refractivity contribution >= 4 is 43.5 Å². The first kappa shape index (κ1) is 13.9. The Morgan fingerprint density at radius 3 is 2.44 bits per heavy atom. The minimum atomic E-state index is -0.737. The zero-order valence-electron chi connectivity index (χ0n) is 12.9. The summed E-state index contributed by atoms with van der Waals surface area (Å²) in [5.41, 5.74) is -0.103. The summed E-state index contributed by atoms with van der Waals surface area (Å²) < 4.78 is 10.9. The number of fused-ring (bicyclic) bond motifs is 2. The molecule has 5 aromatic rings. The zero-order chi connectivity index (χ0) is 17.5. The van der Waals surface area contributed by atoms with E-state index >= 15 is 0 Å². The average molecular weight is 334 g/mol. The molecule has 0 amide bonds. The number of aromatic hydroxyl groups is 2. The van der Waals surface area contributed by atoms with E-state index in [0.29, 0.717) is 16.3 Å². The smallest absolute Gasteiger partial charge is 0.348 e. The highest BCUT2D eigenvalue weighted by Gasteiger charge is 2.25. The second-order valence-corrected chi connectivity index (χ2v) is 6.03. The molecule has 0 bridgehead atoms. The lowest BCUT2D eigenvalue weighted by Gasteiger charge is -2.14. The van der Waals surface area contributed by atoms with Gasteiger partial charge in [-0.2, -0.15) is 0 Å². The minimum absolute atomic E-state index is 0.0573. The van der Waals surface area contributed by atoms with Crippen LogP contribution in [0, 0.1) is 6.92 Å².